The largest absolute Gasteiger partial charge is 0.300 e. The van der Waals surface area contributed by atoms with Crippen LogP contribution in [-0.2, 0) is 0 Å². The molecule has 0 N–H and O–H groups in total. The summed E-state index contributed by atoms with van der Waals surface area (Å²) < 4.78 is 0. The van der Waals surface area contributed by atoms with Crippen molar-refractivity contribution >= 4 is 0 Å². The molecule has 0 atom stereocenters. The first-order valence-electron chi connectivity index (χ1n) is 5.44. The van der Waals surface area contributed by atoms with Crippen molar-refractivity contribution in [3.8, 4) is 0 Å². The van der Waals surface area contributed by atoms with Crippen molar-refractivity contribution in [1.29, 1.82) is 0 Å². The van der Waals surface area contributed by atoms with Crippen LogP contribution < -0.4 is 0 Å². The van der Waals surface area contributed by atoms with Gasteiger partial charge in [0.05, 0.1) is 0 Å². The normalized spacial score (nSPS) is 24.0. The Bertz CT molecular complexity index is 97.4. The van der Waals surface area contributed by atoms with Crippen LogP contribution in [0.3, 0.4) is 0 Å². The molecule has 0 unspecified atom stereocenters. The number of hydrogen-bond acceptors (Lipinski definition) is 1. The molecular formula is C11H23N. The van der Waals surface area contributed by atoms with Crippen LogP contribution in [0.1, 0.15) is 46.5 Å². The van der Waals surface area contributed by atoms with E-state index in [2.05, 4.69) is 25.7 Å². The van der Waals surface area contributed by atoms with E-state index in [-0.39, 0.29) is 0 Å². The SMILES string of the molecule is C1CC2CCCN2C1.CC(C)C. The zero-order chi connectivity index (χ0) is 8.97. The van der Waals surface area contributed by atoms with Crippen molar-refractivity contribution in [2.75, 3.05) is 13.1 Å². The predicted molar refractivity (Wildman–Crippen MR) is 54.3 cm³/mol. The highest BCUT2D eigenvalue weighted by Crippen LogP contribution is 2.26. The Hall–Kier alpha value is -0.0400. The summed E-state index contributed by atoms with van der Waals surface area (Å²) in [6.45, 7) is 9.29. The van der Waals surface area contributed by atoms with E-state index in [0.717, 1.165) is 12.0 Å². The molecule has 0 aromatic rings. The van der Waals surface area contributed by atoms with Crippen LogP contribution in [0.15, 0.2) is 0 Å². The van der Waals surface area contributed by atoms with Gasteiger partial charge in [0, 0.05) is 6.04 Å². The zero-order valence-corrected chi connectivity index (χ0v) is 8.84. The molecule has 0 spiro atoms. The standard InChI is InChI=1S/C7H13N.C4H10/c1-3-7-4-2-6-8(7)5-1;1-4(2)3/h7H,1-6H2;4H,1-3H3. The molecular weight excluding hydrogens is 146 g/mol. The van der Waals surface area contributed by atoms with E-state index in [0.29, 0.717) is 0 Å². The van der Waals surface area contributed by atoms with Gasteiger partial charge in [-0.2, -0.15) is 0 Å². The molecule has 0 radical (unpaired) electrons. The fourth-order valence-electron chi connectivity index (χ4n) is 2.05. The molecule has 0 aliphatic carbocycles. The van der Waals surface area contributed by atoms with Crippen LogP contribution >= 0.6 is 0 Å². The van der Waals surface area contributed by atoms with Gasteiger partial charge in [0.25, 0.3) is 0 Å². The molecule has 0 aromatic carbocycles. The van der Waals surface area contributed by atoms with Crippen molar-refractivity contribution in [3.63, 3.8) is 0 Å². The summed E-state index contributed by atoms with van der Waals surface area (Å²) in [5.41, 5.74) is 0. The summed E-state index contributed by atoms with van der Waals surface area (Å²) in [5.74, 6) is 0.833. The summed E-state index contributed by atoms with van der Waals surface area (Å²) in [4.78, 5) is 2.64. The molecule has 1 heteroatoms. The molecule has 2 rings (SSSR count). The summed E-state index contributed by atoms with van der Waals surface area (Å²) >= 11 is 0. The molecule has 12 heavy (non-hydrogen) atoms. The summed E-state index contributed by atoms with van der Waals surface area (Å²) in [6.07, 6.45) is 5.90. The Balaban J connectivity index is 0.000000157. The van der Waals surface area contributed by atoms with E-state index in [1.165, 1.54) is 38.8 Å². The average Bonchev–Trinajstić information content (AvgIpc) is 2.40. The van der Waals surface area contributed by atoms with Crippen molar-refractivity contribution < 1.29 is 0 Å². The average molecular weight is 169 g/mol. The fourth-order valence-corrected chi connectivity index (χ4v) is 2.05. The Morgan fingerprint density at radius 3 is 1.75 bits per heavy atom. The lowest BCUT2D eigenvalue weighted by atomic mass is 10.2. The maximum atomic E-state index is 2.64. The fraction of sp³-hybridized carbons (Fsp3) is 1.00. The van der Waals surface area contributed by atoms with Gasteiger partial charge in [-0.25, -0.2) is 0 Å². The van der Waals surface area contributed by atoms with E-state index in [1.54, 1.807) is 0 Å². The molecule has 2 saturated heterocycles. The molecule has 0 amide bonds. The molecule has 72 valence electrons. The summed E-state index contributed by atoms with van der Waals surface area (Å²) in [5, 5.41) is 0. The number of fused-ring (bicyclic) bond motifs is 1. The van der Waals surface area contributed by atoms with E-state index in [1.807, 2.05) is 0 Å². The van der Waals surface area contributed by atoms with Gasteiger partial charge in [-0.05, 0) is 44.7 Å². The molecule has 1 nitrogen and oxygen atoms in total. The number of rotatable bonds is 0. The summed E-state index contributed by atoms with van der Waals surface area (Å²) in [7, 11) is 0. The second-order valence-corrected chi connectivity index (χ2v) is 4.71. The monoisotopic (exact) mass is 169 g/mol. The van der Waals surface area contributed by atoms with Crippen LogP contribution in [0.5, 0.6) is 0 Å². The number of hydrogen-bond donors (Lipinski definition) is 0. The van der Waals surface area contributed by atoms with Crippen LogP contribution in [0.25, 0.3) is 0 Å². The lowest BCUT2D eigenvalue weighted by Gasteiger charge is -2.11. The summed E-state index contributed by atoms with van der Waals surface area (Å²) in [6, 6.07) is 1.01. The van der Waals surface area contributed by atoms with Gasteiger partial charge in [0.2, 0.25) is 0 Å². The Kier molecular flexibility index (Phi) is 4.07. The van der Waals surface area contributed by atoms with Crippen molar-refractivity contribution in [2.24, 2.45) is 5.92 Å². The predicted octanol–water partition coefficient (Wildman–Crippen LogP) is 2.91. The van der Waals surface area contributed by atoms with Gasteiger partial charge < -0.3 is 4.90 Å². The van der Waals surface area contributed by atoms with Crippen molar-refractivity contribution in [2.45, 2.75) is 52.5 Å². The van der Waals surface area contributed by atoms with Gasteiger partial charge >= 0.3 is 0 Å². The van der Waals surface area contributed by atoms with Gasteiger partial charge in [0.1, 0.15) is 0 Å². The van der Waals surface area contributed by atoms with Crippen molar-refractivity contribution in [1.82, 2.24) is 4.90 Å². The van der Waals surface area contributed by atoms with Crippen LogP contribution in [0, 0.1) is 5.92 Å². The third-order valence-corrected chi connectivity index (χ3v) is 2.48. The van der Waals surface area contributed by atoms with Crippen molar-refractivity contribution in [3.05, 3.63) is 0 Å². The Morgan fingerprint density at radius 1 is 1.00 bits per heavy atom. The first kappa shape index (κ1) is 10.0. The molecule has 2 fully saturated rings. The first-order valence-corrected chi connectivity index (χ1v) is 5.44. The molecule has 0 bridgehead atoms. The highest BCUT2D eigenvalue weighted by molar-refractivity contribution is 4.84. The quantitative estimate of drug-likeness (QED) is 0.539. The van der Waals surface area contributed by atoms with Gasteiger partial charge in [-0.15, -0.1) is 0 Å². The van der Waals surface area contributed by atoms with E-state index in [4.69, 9.17) is 0 Å². The maximum absolute atomic E-state index is 2.64. The lowest BCUT2D eigenvalue weighted by molar-refractivity contribution is 0.325. The Labute approximate surface area is 77.1 Å². The highest BCUT2D eigenvalue weighted by Gasteiger charge is 2.27. The van der Waals surface area contributed by atoms with Crippen LogP contribution in [0.4, 0.5) is 0 Å². The van der Waals surface area contributed by atoms with Crippen LogP contribution in [0.2, 0.25) is 0 Å². The van der Waals surface area contributed by atoms with Crippen LogP contribution in [-0.4, -0.2) is 24.0 Å². The van der Waals surface area contributed by atoms with E-state index < -0.39 is 0 Å². The van der Waals surface area contributed by atoms with Gasteiger partial charge in [-0.3, -0.25) is 0 Å². The third-order valence-electron chi connectivity index (χ3n) is 2.48. The minimum atomic E-state index is 0.833. The molecule has 2 heterocycles. The minimum absolute atomic E-state index is 0.833. The molecule has 0 saturated carbocycles. The third kappa shape index (κ3) is 3.14. The second kappa shape index (κ2) is 4.86. The maximum Gasteiger partial charge on any atom is 0.00962 e. The minimum Gasteiger partial charge on any atom is -0.300 e. The molecule has 2 aliphatic heterocycles. The zero-order valence-electron chi connectivity index (χ0n) is 8.84. The molecule has 2 aliphatic rings. The molecule has 0 aromatic heterocycles. The Morgan fingerprint density at radius 2 is 1.42 bits per heavy atom. The first-order chi connectivity index (χ1) is 5.70. The van der Waals surface area contributed by atoms with E-state index >= 15 is 0 Å². The number of nitrogens with zero attached hydrogens (tertiary/aromatic N) is 1. The van der Waals surface area contributed by atoms with Gasteiger partial charge in [0.15, 0.2) is 0 Å². The smallest absolute Gasteiger partial charge is 0.00962 e. The van der Waals surface area contributed by atoms with Gasteiger partial charge in [-0.1, -0.05) is 20.8 Å². The second-order valence-electron chi connectivity index (χ2n) is 4.71. The highest BCUT2D eigenvalue weighted by atomic mass is 15.2. The van der Waals surface area contributed by atoms with E-state index in [9.17, 15) is 0 Å². The topological polar surface area (TPSA) is 3.24 Å². The lowest BCUT2D eigenvalue weighted by Crippen LogP contribution is -2.21.